The molecule has 0 aliphatic heterocycles. The van der Waals surface area contributed by atoms with Crippen LogP contribution in [0.1, 0.15) is 17.0 Å². The standard InChI is InChI=1S/C16H20N6OS/c1-12-10-13(2)21(18-12)8-9-24-16-17-19-20-22(16)11-14-4-6-15(23-3)7-5-14/h4-7,10H,8-9,11H2,1-3H3. The molecule has 0 spiro atoms. The summed E-state index contributed by atoms with van der Waals surface area (Å²) in [6.45, 7) is 5.55. The molecule has 8 heteroatoms. The van der Waals surface area contributed by atoms with E-state index in [-0.39, 0.29) is 0 Å². The summed E-state index contributed by atoms with van der Waals surface area (Å²) in [7, 11) is 1.66. The number of aromatic nitrogens is 6. The molecule has 0 fully saturated rings. The number of nitrogens with zero attached hydrogens (tertiary/aromatic N) is 6. The molecule has 0 aliphatic carbocycles. The number of tetrazole rings is 1. The van der Waals surface area contributed by atoms with E-state index in [1.165, 1.54) is 5.69 Å². The van der Waals surface area contributed by atoms with E-state index in [9.17, 15) is 0 Å². The third-order valence-corrected chi connectivity index (χ3v) is 4.57. The highest BCUT2D eigenvalue weighted by atomic mass is 32.2. The van der Waals surface area contributed by atoms with Gasteiger partial charge in [0.05, 0.1) is 25.9 Å². The van der Waals surface area contributed by atoms with Gasteiger partial charge in [-0.3, -0.25) is 4.68 Å². The van der Waals surface area contributed by atoms with Crippen molar-refractivity contribution in [1.29, 1.82) is 0 Å². The highest BCUT2D eigenvalue weighted by Crippen LogP contribution is 2.17. The molecule has 0 saturated carbocycles. The molecular weight excluding hydrogens is 324 g/mol. The largest absolute Gasteiger partial charge is 0.497 e. The summed E-state index contributed by atoms with van der Waals surface area (Å²) in [5, 5.41) is 17.3. The van der Waals surface area contributed by atoms with Crippen molar-refractivity contribution in [2.75, 3.05) is 12.9 Å². The van der Waals surface area contributed by atoms with E-state index in [4.69, 9.17) is 4.74 Å². The van der Waals surface area contributed by atoms with Crippen molar-refractivity contribution in [3.63, 3.8) is 0 Å². The van der Waals surface area contributed by atoms with Crippen molar-refractivity contribution in [3.8, 4) is 5.75 Å². The van der Waals surface area contributed by atoms with Crippen LogP contribution in [0.2, 0.25) is 0 Å². The fraction of sp³-hybridized carbons (Fsp3) is 0.375. The van der Waals surface area contributed by atoms with E-state index in [1.54, 1.807) is 18.9 Å². The van der Waals surface area contributed by atoms with Crippen molar-refractivity contribution < 1.29 is 4.74 Å². The van der Waals surface area contributed by atoms with Crippen LogP contribution in [0.25, 0.3) is 0 Å². The molecule has 126 valence electrons. The molecule has 0 amide bonds. The molecule has 0 radical (unpaired) electrons. The van der Waals surface area contributed by atoms with Crippen molar-refractivity contribution in [2.45, 2.75) is 32.1 Å². The quantitative estimate of drug-likeness (QED) is 0.613. The molecule has 2 heterocycles. The van der Waals surface area contributed by atoms with Crippen molar-refractivity contribution in [3.05, 3.63) is 47.3 Å². The summed E-state index contributed by atoms with van der Waals surface area (Å²) in [6.07, 6.45) is 0. The number of rotatable bonds is 7. The minimum absolute atomic E-state index is 0.638. The number of benzene rings is 1. The van der Waals surface area contributed by atoms with Gasteiger partial charge in [0, 0.05) is 11.4 Å². The molecule has 0 atom stereocenters. The number of hydrogen-bond donors (Lipinski definition) is 0. The second-order valence-corrected chi connectivity index (χ2v) is 6.53. The number of thioether (sulfide) groups is 1. The molecule has 0 unspecified atom stereocenters. The van der Waals surface area contributed by atoms with Crippen LogP contribution >= 0.6 is 11.8 Å². The first-order valence-corrected chi connectivity index (χ1v) is 8.67. The molecule has 24 heavy (non-hydrogen) atoms. The fourth-order valence-corrected chi connectivity index (χ4v) is 3.22. The molecular formula is C16H20N6OS. The summed E-state index contributed by atoms with van der Waals surface area (Å²) in [5.74, 6) is 1.71. The average molecular weight is 344 g/mol. The van der Waals surface area contributed by atoms with Crippen molar-refractivity contribution in [1.82, 2.24) is 30.0 Å². The van der Waals surface area contributed by atoms with Crippen LogP contribution in [0.15, 0.2) is 35.5 Å². The highest BCUT2D eigenvalue weighted by Gasteiger charge is 2.08. The van der Waals surface area contributed by atoms with Gasteiger partial charge in [0.15, 0.2) is 0 Å². The molecule has 3 aromatic rings. The normalized spacial score (nSPS) is 11.0. The molecule has 0 bridgehead atoms. The molecule has 1 aromatic carbocycles. The van der Waals surface area contributed by atoms with Crippen molar-refractivity contribution in [2.24, 2.45) is 0 Å². The first-order valence-electron chi connectivity index (χ1n) is 7.68. The monoisotopic (exact) mass is 344 g/mol. The van der Waals surface area contributed by atoms with Gasteiger partial charge in [0.25, 0.3) is 0 Å². The van der Waals surface area contributed by atoms with Gasteiger partial charge in [0.1, 0.15) is 5.75 Å². The summed E-state index contributed by atoms with van der Waals surface area (Å²) in [4.78, 5) is 0. The van der Waals surface area contributed by atoms with E-state index in [1.807, 2.05) is 40.6 Å². The first-order chi connectivity index (χ1) is 11.7. The topological polar surface area (TPSA) is 70.7 Å². The van der Waals surface area contributed by atoms with Gasteiger partial charge >= 0.3 is 0 Å². The van der Waals surface area contributed by atoms with Crippen molar-refractivity contribution >= 4 is 11.8 Å². The highest BCUT2D eigenvalue weighted by molar-refractivity contribution is 7.99. The Morgan fingerprint density at radius 2 is 1.92 bits per heavy atom. The van der Waals surface area contributed by atoms with E-state index >= 15 is 0 Å². The zero-order valence-electron chi connectivity index (χ0n) is 14.0. The van der Waals surface area contributed by atoms with Gasteiger partial charge in [-0.1, -0.05) is 23.9 Å². The molecule has 0 N–H and O–H groups in total. The summed E-state index contributed by atoms with van der Waals surface area (Å²) in [5.41, 5.74) is 3.34. The maximum Gasteiger partial charge on any atom is 0.209 e. The van der Waals surface area contributed by atoms with Gasteiger partial charge in [-0.15, -0.1) is 5.10 Å². The van der Waals surface area contributed by atoms with E-state index in [2.05, 4.69) is 33.6 Å². The predicted octanol–water partition coefficient (Wildman–Crippen LogP) is 2.34. The molecule has 2 aromatic heterocycles. The second-order valence-electron chi connectivity index (χ2n) is 5.47. The zero-order chi connectivity index (χ0) is 16.9. The minimum atomic E-state index is 0.638. The second kappa shape index (κ2) is 7.48. The third-order valence-electron chi connectivity index (χ3n) is 3.63. The Morgan fingerprint density at radius 1 is 1.12 bits per heavy atom. The van der Waals surface area contributed by atoms with Crippen LogP contribution in [0, 0.1) is 13.8 Å². The fourth-order valence-electron chi connectivity index (χ4n) is 2.43. The van der Waals surface area contributed by atoms with E-state index < -0.39 is 0 Å². The number of methoxy groups -OCH3 is 1. The maximum atomic E-state index is 5.18. The summed E-state index contributed by atoms with van der Waals surface area (Å²) in [6, 6.07) is 10.00. The summed E-state index contributed by atoms with van der Waals surface area (Å²) < 4.78 is 9.00. The lowest BCUT2D eigenvalue weighted by Crippen LogP contribution is -2.07. The smallest absolute Gasteiger partial charge is 0.209 e. The van der Waals surface area contributed by atoms with Crippen LogP contribution in [-0.4, -0.2) is 42.9 Å². The first kappa shape index (κ1) is 16.5. The number of ether oxygens (including phenoxy) is 1. The van der Waals surface area contributed by atoms with Gasteiger partial charge in [-0.25, -0.2) is 4.68 Å². The molecule has 3 rings (SSSR count). The van der Waals surface area contributed by atoms with Gasteiger partial charge in [-0.05, 0) is 48.0 Å². The third kappa shape index (κ3) is 3.94. The van der Waals surface area contributed by atoms with Gasteiger partial charge in [0.2, 0.25) is 5.16 Å². The molecule has 0 aliphatic rings. The number of aryl methyl sites for hydroxylation is 3. The Balaban J connectivity index is 1.59. The lowest BCUT2D eigenvalue weighted by Gasteiger charge is -2.06. The van der Waals surface area contributed by atoms with Gasteiger partial charge in [-0.2, -0.15) is 5.10 Å². The number of hydrogen-bond acceptors (Lipinski definition) is 6. The van der Waals surface area contributed by atoms with Crippen LogP contribution in [-0.2, 0) is 13.1 Å². The maximum absolute atomic E-state index is 5.18. The van der Waals surface area contributed by atoms with Gasteiger partial charge < -0.3 is 4.74 Å². The molecule has 7 nitrogen and oxygen atoms in total. The Labute approximate surface area is 145 Å². The minimum Gasteiger partial charge on any atom is -0.497 e. The zero-order valence-corrected chi connectivity index (χ0v) is 14.8. The SMILES string of the molecule is COc1ccc(Cn2nnnc2SCCn2nc(C)cc2C)cc1. The Bertz CT molecular complexity index is 795. The lowest BCUT2D eigenvalue weighted by molar-refractivity contribution is 0.414. The Morgan fingerprint density at radius 3 is 2.58 bits per heavy atom. The van der Waals surface area contributed by atoms with Crippen LogP contribution in [0.3, 0.4) is 0 Å². The van der Waals surface area contributed by atoms with E-state index in [0.717, 1.165) is 34.5 Å². The van der Waals surface area contributed by atoms with E-state index in [0.29, 0.717) is 6.54 Å². The van der Waals surface area contributed by atoms with Crippen LogP contribution in [0.5, 0.6) is 5.75 Å². The van der Waals surface area contributed by atoms with Crippen LogP contribution in [0.4, 0.5) is 0 Å². The Kier molecular flexibility index (Phi) is 5.14. The predicted molar refractivity (Wildman–Crippen MR) is 92.3 cm³/mol. The van der Waals surface area contributed by atoms with Crippen LogP contribution < -0.4 is 4.74 Å². The average Bonchev–Trinajstić information content (AvgIpc) is 3.14. The molecule has 0 saturated heterocycles. The Hall–Kier alpha value is -2.35. The lowest BCUT2D eigenvalue weighted by atomic mass is 10.2. The summed E-state index contributed by atoms with van der Waals surface area (Å²) >= 11 is 1.63.